The first-order valence-corrected chi connectivity index (χ1v) is 5.97. The molecule has 3 rings (SSSR count). The molecule has 0 aliphatic carbocycles. The van der Waals surface area contributed by atoms with Crippen molar-refractivity contribution in [2.45, 2.75) is 6.42 Å². The molecule has 0 amide bonds. The van der Waals surface area contributed by atoms with E-state index < -0.39 is 0 Å². The van der Waals surface area contributed by atoms with Crippen molar-refractivity contribution < 1.29 is 0 Å². The number of fused-ring (bicyclic) bond motifs is 1. The van der Waals surface area contributed by atoms with Crippen LogP contribution in [-0.4, -0.2) is 24.1 Å². The van der Waals surface area contributed by atoms with Gasteiger partial charge in [0.2, 0.25) is 0 Å². The average molecular weight is 292 g/mol. The third-order valence-corrected chi connectivity index (χ3v) is 3.21. The number of hydrogen-bond acceptors (Lipinski definition) is 3. The Hall–Kier alpha value is -1.69. The first kappa shape index (κ1) is 10.5. The van der Waals surface area contributed by atoms with Crippen LogP contribution in [0.5, 0.6) is 0 Å². The minimum atomic E-state index is 0.760. The maximum Gasteiger partial charge on any atom is 0.155 e. The largest absolute Gasteiger partial charge is 0.304 e. The van der Waals surface area contributed by atoms with Gasteiger partial charge in [-0.3, -0.25) is 9.67 Å². The van der Waals surface area contributed by atoms with Crippen LogP contribution in [-0.2, 0) is 13.5 Å². The van der Waals surface area contributed by atoms with Gasteiger partial charge in [0.25, 0.3) is 0 Å². The Morgan fingerprint density at radius 2 is 2.24 bits per heavy atom. The van der Waals surface area contributed by atoms with Gasteiger partial charge in [0.05, 0.1) is 11.9 Å². The predicted octanol–water partition coefficient (Wildman–Crippen LogP) is 1.82. The Morgan fingerprint density at radius 1 is 1.35 bits per heavy atom. The number of rotatable bonds is 2. The SMILES string of the molecule is Cn1cc(Cc2cn3ccncc3n2)c(Br)n1. The molecule has 17 heavy (non-hydrogen) atoms. The smallest absolute Gasteiger partial charge is 0.155 e. The molecule has 5 nitrogen and oxygen atoms in total. The van der Waals surface area contributed by atoms with Crippen LogP contribution >= 0.6 is 15.9 Å². The van der Waals surface area contributed by atoms with Crippen molar-refractivity contribution in [3.05, 3.63) is 46.8 Å². The molecule has 3 heterocycles. The van der Waals surface area contributed by atoms with Gasteiger partial charge in [-0.25, -0.2) is 4.98 Å². The van der Waals surface area contributed by atoms with E-state index in [0.29, 0.717) is 0 Å². The van der Waals surface area contributed by atoms with E-state index in [4.69, 9.17) is 0 Å². The Labute approximate surface area is 106 Å². The minimum Gasteiger partial charge on any atom is -0.304 e. The monoisotopic (exact) mass is 291 g/mol. The molecule has 0 aliphatic rings. The Balaban J connectivity index is 1.97. The zero-order valence-corrected chi connectivity index (χ0v) is 10.8. The molecule has 86 valence electrons. The quantitative estimate of drug-likeness (QED) is 0.724. The summed E-state index contributed by atoms with van der Waals surface area (Å²) in [5.74, 6) is 0. The van der Waals surface area contributed by atoms with Gasteiger partial charge in [-0.15, -0.1) is 0 Å². The molecule has 3 aromatic rings. The first-order chi connectivity index (χ1) is 8.22. The number of aryl methyl sites for hydroxylation is 1. The van der Waals surface area contributed by atoms with Crippen molar-refractivity contribution in [3.63, 3.8) is 0 Å². The molecule has 0 fully saturated rings. The fraction of sp³-hybridized carbons (Fsp3) is 0.182. The van der Waals surface area contributed by atoms with Gasteiger partial charge in [-0.1, -0.05) is 0 Å². The van der Waals surface area contributed by atoms with Crippen LogP contribution in [0, 0.1) is 0 Å². The summed E-state index contributed by atoms with van der Waals surface area (Å²) in [5, 5.41) is 4.25. The van der Waals surface area contributed by atoms with Crippen molar-refractivity contribution >= 4 is 21.6 Å². The standard InChI is InChI=1S/C11H10BrN5/c1-16-6-8(11(12)15-16)4-9-7-17-3-2-13-5-10(17)14-9/h2-3,5-7H,4H2,1H3. The number of halogens is 1. The van der Waals surface area contributed by atoms with E-state index in [1.165, 1.54) is 0 Å². The van der Waals surface area contributed by atoms with Gasteiger partial charge >= 0.3 is 0 Å². The van der Waals surface area contributed by atoms with E-state index in [1.807, 2.05) is 30.0 Å². The lowest BCUT2D eigenvalue weighted by molar-refractivity contribution is 0.760. The topological polar surface area (TPSA) is 48.0 Å². The predicted molar refractivity (Wildman–Crippen MR) is 66.7 cm³/mol. The third-order valence-electron chi connectivity index (χ3n) is 2.54. The highest BCUT2D eigenvalue weighted by Crippen LogP contribution is 2.17. The van der Waals surface area contributed by atoms with E-state index in [1.54, 1.807) is 17.1 Å². The molecule has 0 aliphatic heterocycles. The molecule has 0 saturated carbocycles. The molecular weight excluding hydrogens is 282 g/mol. The lowest BCUT2D eigenvalue weighted by atomic mass is 10.2. The van der Waals surface area contributed by atoms with Crippen LogP contribution in [0.25, 0.3) is 5.65 Å². The summed E-state index contributed by atoms with van der Waals surface area (Å²) in [4.78, 5) is 8.55. The van der Waals surface area contributed by atoms with Crippen molar-refractivity contribution in [3.8, 4) is 0 Å². The molecule has 0 N–H and O–H groups in total. The lowest BCUT2D eigenvalue weighted by Crippen LogP contribution is -1.87. The molecule has 3 aromatic heterocycles. The molecule has 0 atom stereocenters. The summed E-state index contributed by atoms with van der Waals surface area (Å²) >= 11 is 3.44. The summed E-state index contributed by atoms with van der Waals surface area (Å²) in [6, 6.07) is 0. The third kappa shape index (κ3) is 1.95. The van der Waals surface area contributed by atoms with Crippen molar-refractivity contribution in [1.82, 2.24) is 24.1 Å². The van der Waals surface area contributed by atoms with Gasteiger partial charge in [0, 0.05) is 43.8 Å². The maximum absolute atomic E-state index is 4.50. The molecule has 0 bridgehead atoms. The fourth-order valence-corrected chi connectivity index (χ4v) is 2.30. The highest BCUT2D eigenvalue weighted by molar-refractivity contribution is 9.10. The molecule has 0 unspecified atom stereocenters. The second-order valence-electron chi connectivity index (χ2n) is 3.87. The van der Waals surface area contributed by atoms with Gasteiger partial charge in [-0.2, -0.15) is 5.10 Å². The summed E-state index contributed by atoms with van der Waals surface area (Å²) < 4.78 is 4.62. The Morgan fingerprint density at radius 3 is 2.94 bits per heavy atom. The van der Waals surface area contributed by atoms with Crippen LogP contribution in [0.1, 0.15) is 11.3 Å². The average Bonchev–Trinajstić information content (AvgIpc) is 2.82. The van der Waals surface area contributed by atoms with Gasteiger partial charge in [0.1, 0.15) is 4.60 Å². The van der Waals surface area contributed by atoms with Crippen LogP contribution in [0.15, 0.2) is 35.6 Å². The van der Waals surface area contributed by atoms with E-state index in [0.717, 1.165) is 27.9 Å². The van der Waals surface area contributed by atoms with Gasteiger partial charge in [0.15, 0.2) is 5.65 Å². The maximum atomic E-state index is 4.50. The van der Waals surface area contributed by atoms with Crippen molar-refractivity contribution in [1.29, 1.82) is 0 Å². The summed E-state index contributed by atoms with van der Waals surface area (Å²) in [6.07, 6.45) is 10.2. The highest BCUT2D eigenvalue weighted by atomic mass is 79.9. The summed E-state index contributed by atoms with van der Waals surface area (Å²) in [5.41, 5.74) is 3.00. The van der Waals surface area contributed by atoms with Crippen molar-refractivity contribution in [2.75, 3.05) is 0 Å². The van der Waals surface area contributed by atoms with E-state index in [-0.39, 0.29) is 0 Å². The highest BCUT2D eigenvalue weighted by Gasteiger charge is 2.08. The first-order valence-electron chi connectivity index (χ1n) is 5.18. The van der Waals surface area contributed by atoms with Crippen LogP contribution in [0.3, 0.4) is 0 Å². The summed E-state index contributed by atoms with van der Waals surface area (Å²) in [6.45, 7) is 0. The lowest BCUT2D eigenvalue weighted by Gasteiger charge is -1.91. The molecule has 0 saturated heterocycles. The molecule has 6 heteroatoms. The fourth-order valence-electron chi connectivity index (χ4n) is 1.80. The van der Waals surface area contributed by atoms with Crippen molar-refractivity contribution in [2.24, 2.45) is 7.05 Å². The van der Waals surface area contributed by atoms with Crippen LogP contribution in [0.2, 0.25) is 0 Å². The van der Waals surface area contributed by atoms with E-state index in [2.05, 4.69) is 31.0 Å². The number of imidazole rings is 1. The molecular formula is C11H10BrN5. The second-order valence-corrected chi connectivity index (χ2v) is 4.62. The van der Waals surface area contributed by atoms with Gasteiger partial charge < -0.3 is 4.40 Å². The zero-order valence-electron chi connectivity index (χ0n) is 9.21. The van der Waals surface area contributed by atoms with Crippen LogP contribution < -0.4 is 0 Å². The second kappa shape index (κ2) is 3.96. The number of aromatic nitrogens is 5. The number of hydrogen-bond donors (Lipinski definition) is 0. The zero-order chi connectivity index (χ0) is 11.8. The van der Waals surface area contributed by atoms with E-state index >= 15 is 0 Å². The van der Waals surface area contributed by atoms with Crippen LogP contribution in [0.4, 0.5) is 0 Å². The van der Waals surface area contributed by atoms with Gasteiger partial charge in [-0.05, 0) is 15.9 Å². The molecule has 0 spiro atoms. The van der Waals surface area contributed by atoms with E-state index in [9.17, 15) is 0 Å². The minimum absolute atomic E-state index is 0.760. The molecule has 0 radical (unpaired) electrons. The Kier molecular flexibility index (Phi) is 2.44. The number of nitrogens with zero attached hydrogens (tertiary/aromatic N) is 5. The molecule has 0 aromatic carbocycles. The Bertz CT molecular complexity index is 636. The summed E-state index contributed by atoms with van der Waals surface area (Å²) in [7, 11) is 1.90. The normalized spacial score (nSPS) is 11.2.